The summed E-state index contributed by atoms with van der Waals surface area (Å²) in [5, 5.41) is 0. The van der Waals surface area contributed by atoms with E-state index in [1.807, 2.05) is 0 Å². The van der Waals surface area contributed by atoms with Gasteiger partial charge in [0, 0.05) is 5.41 Å². The molecule has 0 N–H and O–H groups in total. The number of methoxy groups -OCH3 is 1. The number of aryl methyl sites for hydroxylation is 1. The van der Waals surface area contributed by atoms with Crippen LogP contribution in [0.5, 0.6) is 5.75 Å². The molecule has 2 aromatic rings. The molecule has 1 saturated carbocycles. The molecule has 0 heterocycles. The standard InChI is InChI=1S/C20H24O/c1-16-6-8-17(9-7-16)20(14-4-3-5-15-20)18-10-12-19(21-2)13-11-18/h6-13H,3-5,14-15H2,1-2H3. The lowest BCUT2D eigenvalue weighted by molar-refractivity contribution is 0.345. The smallest absolute Gasteiger partial charge is 0.118 e. The number of rotatable bonds is 3. The number of ether oxygens (including phenoxy) is 1. The summed E-state index contributed by atoms with van der Waals surface area (Å²) in [5.74, 6) is 0.939. The average molecular weight is 280 g/mol. The van der Waals surface area contributed by atoms with Gasteiger partial charge in [-0.1, -0.05) is 61.2 Å². The lowest BCUT2D eigenvalue weighted by Gasteiger charge is -2.38. The molecule has 0 radical (unpaired) electrons. The molecule has 1 aliphatic carbocycles. The highest BCUT2D eigenvalue weighted by Gasteiger charge is 2.35. The van der Waals surface area contributed by atoms with E-state index in [0.29, 0.717) is 0 Å². The zero-order chi connectivity index (χ0) is 14.7. The van der Waals surface area contributed by atoms with Crippen molar-refractivity contribution in [3.05, 3.63) is 65.2 Å². The van der Waals surface area contributed by atoms with Crippen LogP contribution in [0.1, 0.15) is 48.8 Å². The first-order valence-electron chi connectivity index (χ1n) is 7.96. The Bertz CT molecular complexity index is 574. The van der Waals surface area contributed by atoms with Crippen molar-refractivity contribution in [3.63, 3.8) is 0 Å². The molecular formula is C20H24O. The van der Waals surface area contributed by atoms with Gasteiger partial charge in [-0.2, -0.15) is 0 Å². The summed E-state index contributed by atoms with van der Waals surface area (Å²) < 4.78 is 5.31. The van der Waals surface area contributed by atoms with Crippen LogP contribution in [0.4, 0.5) is 0 Å². The minimum absolute atomic E-state index is 0.193. The van der Waals surface area contributed by atoms with Crippen molar-refractivity contribution in [2.24, 2.45) is 0 Å². The van der Waals surface area contributed by atoms with E-state index >= 15 is 0 Å². The monoisotopic (exact) mass is 280 g/mol. The molecule has 1 heteroatoms. The van der Waals surface area contributed by atoms with E-state index in [1.54, 1.807) is 7.11 Å². The van der Waals surface area contributed by atoms with E-state index in [2.05, 4.69) is 55.5 Å². The summed E-state index contributed by atoms with van der Waals surface area (Å²) >= 11 is 0. The van der Waals surface area contributed by atoms with Crippen molar-refractivity contribution in [3.8, 4) is 5.75 Å². The highest BCUT2D eigenvalue weighted by molar-refractivity contribution is 5.42. The first-order valence-corrected chi connectivity index (χ1v) is 7.96. The van der Waals surface area contributed by atoms with Crippen molar-refractivity contribution in [2.45, 2.75) is 44.4 Å². The summed E-state index contributed by atoms with van der Waals surface area (Å²) in [5.41, 5.74) is 4.43. The van der Waals surface area contributed by atoms with Crippen LogP contribution in [-0.4, -0.2) is 7.11 Å². The van der Waals surface area contributed by atoms with Crippen LogP contribution in [0.3, 0.4) is 0 Å². The largest absolute Gasteiger partial charge is 0.497 e. The van der Waals surface area contributed by atoms with Crippen LogP contribution in [0.25, 0.3) is 0 Å². The van der Waals surface area contributed by atoms with Gasteiger partial charge in [-0.05, 0) is 43.0 Å². The summed E-state index contributed by atoms with van der Waals surface area (Å²) in [6.45, 7) is 2.16. The van der Waals surface area contributed by atoms with E-state index in [4.69, 9.17) is 4.74 Å². The molecule has 110 valence electrons. The third-order valence-electron chi connectivity index (χ3n) is 4.95. The lowest BCUT2D eigenvalue weighted by Crippen LogP contribution is -2.30. The molecule has 0 spiro atoms. The Hall–Kier alpha value is -1.76. The number of hydrogen-bond acceptors (Lipinski definition) is 1. The highest BCUT2D eigenvalue weighted by atomic mass is 16.5. The van der Waals surface area contributed by atoms with Gasteiger partial charge in [0.2, 0.25) is 0 Å². The normalized spacial score (nSPS) is 17.4. The summed E-state index contributed by atoms with van der Waals surface area (Å²) in [7, 11) is 1.73. The summed E-state index contributed by atoms with van der Waals surface area (Å²) in [6, 6.07) is 17.8. The molecule has 21 heavy (non-hydrogen) atoms. The van der Waals surface area contributed by atoms with E-state index < -0.39 is 0 Å². The summed E-state index contributed by atoms with van der Waals surface area (Å²) in [6.07, 6.45) is 6.51. The Morgan fingerprint density at radius 1 is 0.762 bits per heavy atom. The Kier molecular flexibility index (Phi) is 4.01. The van der Waals surface area contributed by atoms with Crippen LogP contribution in [0, 0.1) is 6.92 Å². The van der Waals surface area contributed by atoms with Gasteiger partial charge in [-0.25, -0.2) is 0 Å². The van der Waals surface area contributed by atoms with Crippen molar-refractivity contribution in [1.29, 1.82) is 0 Å². The van der Waals surface area contributed by atoms with Gasteiger partial charge >= 0.3 is 0 Å². The zero-order valence-electron chi connectivity index (χ0n) is 13.1. The fourth-order valence-electron chi connectivity index (χ4n) is 3.68. The molecule has 1 fully saturated rings. The minimum atomic E-state index is 0.193. The second-order valence-electron chi connectivity index (χ2n) is 6.24. The lowest BCUT2D eigenvalue weighted by atomic mass is 9.65. The maximum Gasteiger partial charge on any atom is 0.118 e. The van der Waals surface area contributed by atoms with Crippen LogP contribution in [0.15, 0.2) is 48.5 Å². The first-order chi connectivity index (χ1) is 10.2. The molecule has 0 amide bonds. The molecular weight excluding hydrogens is 256 g/mol. The Morgan fingerprint density at radius 2 is 1.29 bits per heavy atom. The third-order valence-corrected chi connectivity index (χ3v) is 4.95. The molecule has 0 aromatic heterocycles. The van der Waals surface area contributed by atoms with Gasteiger partial charge in [0.05, 0.1) is 7.11 Å². The zero-order valence-corrected chi connectivity index (χ0v) is 13.1. The molecule has 3 rings (SSSR count). The van der Waals surface area contributed by atoms with Crippen LogP contribution in [0.2, 0.25) is 0 Å². The van der Waals surface area contributed by atoms with Crippen molar-refractivity contribution >= 4 is 0 Å². The molecule has 0 unspecified atom stereocenters. The van der Waals surface area contributed by atoms with Gasteiger partial charge in [-0.15, -0.1) is 0 Å². The average Bonchev–Trinajstić information content (AvgIpc) is 2.56. The fourth-order valence-corrected chi connectivity index (χ4v) is 3.68. The molecule has 1 aliphatic rings. The van der Waals surface area contributed by atoms with Crippen LogP contribution in [-0.2, 0) is 5.41 Å². The third kappa shape index (κ3) is 2.70. The maximum atomic E-state index is 5.31. The number of hydrogen-bond donors (Lipinski definition) is 0. The molecule has 0 atom stereocenters. The van der Waals surface area contributed by atoms with Crippen molar-refractivity contribution < 1.29 is 4.74 Å². The van der Waals surface area contributed by atoms with E-state index in [9.17, 15) is 0 Å². The second-order valence-corrected chi connectivity index (χ2v) is 6.24. The molecule has 0 saturated heterocycles. The summed E-state index contributed by atoms with van der Waals surface area (Å²) in [4.78, 5) is 0. The van der Waals surface area contributed by atoms with E-state index in [-0.39, 0.29) is 5.41 Å². The second kappa shape index (κ2) is 5.93. The van der Waals surface area contributed by atoms with Crippen molar-refractivity contribution in [1.82, 2.24) is 0 Å². The van der Waals surface area contributed by atoms with Gasteiger partial charge in [0.15, 0.2) is 0 Å². The van der Waals surface area contributed by atoms with E-state index in [1.165, 1.54) is 48.8 Å². The van der Waals surface area contributed by atoms with Gasteiger partial charge in [-0.3, -0.25) is 0 Å². The molecule has 2 aromatic carbocycles. The number of benzene rings is 2. The predicted octanol–water partition coefficient (Wildman–Crippen LogP) is 5.25. The topological polar surface area (TPSA) is 9.23 Å². The first kappa shape index (κ1) is 14.2. The van der Waals surface area contributed by atoms with Crippen LogP contribution < -0.4 is 4.74 Å². The maximum absolute atomic E-state index is 5.31. The SMILES string of the molecule is COc1ccc(C2(c3ccc(C)cc3)CCCCC2)cc1. The van der Waals surface area contributed by atoms with Gasteiger partial charge in [0.25, 0.3) is 0 Å². The predicted molar refractivity (Wildman–Crippen MR) is 88.0 cm³/mol. The Morgan fingerprint density at radius 3 is 1.81 bits per heavy atom. The highest BCUT2D eigenvalue weighted by Crippen LogP contribution is 2.45. The van der Waals surface area contributed by atoms with Crippen molar-refractivity contribution in [2.75, 3.05) is 7.11 Å². The van der Waals surface area contributed by atoms with E-state index in [0.717, 1.165) is 5.75 Å². The van der Waals surface area contributed by atoms with Crippen LogP contribution >= 0.6 is 0 Å². The van der Waals surface area contributed by atoms with Gasteiger partial charge < -0.3 is 4.74 Å². The molecule has 0 aliphatic heterocycles. The molecule has 0 bridgehead atoms. The van der Waals surface area contributed by atoms with Gasteiger partial charge in [0.1, 0.15) is 5.75 Å². The molecule has 1 nitrogen and oxygen atoms in total. The minimum Gasteiger partial charge on any atom is -0.497 e. The quantitative estimate of drug-likeness (QED) is 0.745. The fraction of sp³-hybridized carbons (Fsp3) is 0.400. The Balaban J connectivity index is 2.05. The Labute approximate surface area is 128 Å².